The molecule has 1 aliphatic heterocycles. The molecule has 1 aliphatic rings. The third-order valence-electron chi connectivity index (χ3n) is 2.64. The average Bonchev–Trinajstić information content (AvgIpc) is 2.24. The van der Waals surface area contributed by atoms with E-state index in [-0.39, 0.29) is 17.5 Å². The van der Waals surface area contributed by atoms with Crippen LogP contribution in [0.5, 0.6) is 0 Å². The van der Waals surface area contributed by atoms with E-state index in [1.54, 1.807) is 4.90 Å². The summed E-state index contributed by atoms with van der Waals surface area (Å²) in [6.07, 6.45) is -0.368. The van der Waals surface area contributed by atoms with Crippen molar-refractivity contribution in [3.63, 3.8) is 0 Å². The van der Waals surface area contributed by atoms with Crippen molar-refractivity contribution in [3.8, 4) is 0 Å². The highest BCUT2D eigenvalue weighted by Gasteiger charge is 2.31. The minimum absolute atomic E-state index is 0.0919. The Morgan fingerprint density at radius 3 is 2.30 bits per heavy atom. The van der Waals surface area contributed by atoms with Gasteiger partial charge < -0.3 is 20.3 Å². The van der Waals surface area contributed by atoms with Gasteiger partial charge in [-0.25, -0.2) is 4.79 Å². The second kappa shape index (κ2) is 5.99. The molecule has 0 aliphatic carbocycles. The molecule has 2 N–H and O–H groups in total. The van der Waals surface area contributed by atoms with E-state index >= 15 is 0 Å². The van der Waals surface area contributed by atoms with Crippen LogP contribution in [0.1, 0.15) is 41.5 Å². The van der Waals surface area contributed by atoms with Crippen LogP contribution in [-0.4, -0.2) is 53.7 Å². The minimum Gasteiger partial charge on any atom is -0.444 e. The van der Waals surface area contributed by atoms with E-state index in [0.717, 1.165) is 0 Å². The lowest BCUT2D eigenvalue weighted by Crippen LogP contribution is -2.60. The molecular weight excluding hydrogens is 258 g/mol. The summed E-state index contributed by atoms with van der Waals surface area (Å²) >= 11 is 0. The highest BCUT2D eigenvalue weighted by atomic mass is 16.6. The van der Waals surface area contributed by atoms with Crippen LogP contribution < -0.4 is 10.6 Å². The summed E-state index contributed by atoms with van der Waals surface area (Å²) in [5.41, 5.74) is -0.807. The van der Waals surface area contributed by atoms with E-state index < -0.39 is 11.6 Å². The third kappa shape index (κ3) is 5.77. The fourth-order valence-corrected chi connectivity index (χ4v) is 1.87. The van der Waals surface area contributed by atoms with Crippen molar-refractivity contribution in [3.05, 3.63) is 0 Å². The first-order chi connectivity index (χ1) is 8.98. The van der Waals surface area contributed by atoms with Gasteiger partial charge in [-0.2, -0.15) is 0 Å². The SMILES string of the molecule is CC(C)(C)NC(=O)[C@H]1CN(C(=O)OC(C)(C)C)CCN1. The molecule has 0 saturated carbocycles. The Balaban J connectivity index is 2.58. The number of rotatable bonds is 1. The largest absolute Gasteiger partial charge is 0.444 e. The van der Waals surface area contributed by atoms with E-state index in [4.69, 9.17) is 4.74 Å². The summed E-state index contributed by atoms with van der Waals surface area (Å²) in [7, 11) is 0. The summed E-state index contributed by atoms with van der Waals surface area (Å²) in [6.45, 7) is 12.7. The molecule has 20 heavy (non-hydrogen) atoms. The normalized spacial score (nSPS) is 20.5. The lowest BCUT2D eigenvalue weighted by molar-refractivity contribution is -0.125. The van der Waals surface area contributed by atoms with Crippen molar-refractivity contribution in [1.82, 2.24) is 15.5 Å². The molecule has 1 atom stereocenters. The van der Waals surface area contributed by atoms with Crippen LogP contribution in [-0.2, 0) is 9.53 Å². The van der Waals surface area contributed by atoms with Gasteiger partial charge in [-0.1, -0.05) is 0 Å². The smallest absolute Gasteiger partial charge is 0.410 e. The second-order valence-corrected chi connectivity index (χ2v) is 7.17. The maximum Gasteiger partial charge on any atom is 0.410 e. The van der Waals surface area contributed by atoms with E-state index in [0.29, 0.717) is 19.6 Å². The number of hydrogen-bond donors (Lipinski definition) is 2. The van der Waals surface area contributed by atoms with E-state index in [1.807, 2.05) is 41.5 Å². The van der Waals surface area contributed by atoms with Gasteiger partial charge >= 0.3 is 6.09 Å². The Hall–Kier alpha value is -1.30. The van der Waals surface area contributed by atoms with Gasteiger partial charge in [0.15, 0.2) is 0 Å². The van der Waals surface area contributed by atoms with E-state index in [9.17, 15) is 9.59 Å². The molecule has 1 heterocycles. The maximum absolute atomic E-state index is 12.1. The van der Waals surface area contributed by atoms with Gasteiger partial charge in [0.1, 0.15) is 11.6 Å². The second-order valence-electron chi connectivity index (χ2n) is 7.17. The monoisotopic (exact) mass is 285 g/mol. The number of carbonyl (C=O) groups excluding carboxylic acids is 2. The van der Waals surface area contributed by atoms with Gasteiger partial charge in [0.2, 0.25) is 5.91 Å². The topological polar surface area (TPSA) is 70.7 Å². The van der Waals surface area contributed by atoms with Crippen LogP contribution in [0, 0.1) is 0 Å². The van der Waals surface area contributed by atoms with Crippen molar-refractivity contribution < 1.29 is 14.3 Å². The van der Waals surface area contributed by atoms with Gasteiger partial charge in [0.25, 0.3) is 0 Å². The number of ether oxygens (including phenoxy) is 1. The summed E-state index contributed by atoms with van der Waals surface area (Å²) in [6, 6.07) is -0.393. The molecule has 1 rings (SSSR count). The van der Waals surface area contributed by atoms with Crippen LogP contribution in [0.4, 0.5) is 4.79 Å². The Morgan fingerprint density at radius 2 is 1.80 bits per heavy atom. The first-order valence-corrected chi connectivity index (χ1v) is 7.01. The fourth-order valence-electron chi connectivity index (χ4n) is 1.87. The summed E-state index contributed by atoms with van der Waals surface area (Å²) in [5.74, 6) is -0.0919. The predicted molar refractivity (Wildman–Crippen MR) is 77.5 cm³/mol. The first kappa shape index (κ1) is 16.8. The summed E-state index contributed by atoms with van der Waals surface area (Å²) in [4.78, 5) is 25.7. The molecule has 1 fully saturated rings. The zero-order valence-corrected chi connectivity index (χ0v) is 13.4. The fraction of sp³-hybridized carbons (Fsp3) is 0.857. The molecule has 1 saturated heterocycles. The van der Waals surface area contributed by atoms with Gasteiger partial charge in [-0.05, 0) is 41.5 Å². The number of hydrogen-bond acceptors (Lipinski definition) is 4. The van der Waals surface area contributed by atoms with Crippen LogP contribution in [0.25, 0.3) is 0 Å². The average molecular weight is 285 g/mol. The van der Waals surface area contributed by atoms with Crippen LogP contribution in [0.2, 0.25) is 0 Å². The molecule has 6 nitrogen and oxygen atoms in total. The van der Waals surface area contributed by atoms with Gasteiger partial charge in [-0.15, -0.1) is 0 Å². The molecule has 2 amide bonds. The zero-order chi connectivity index (χ0) is 15.6. The summed E-state index contributed by atoms with van der Waals surface area (Å²) in [5, 5.41) is 6.04. The lowest BCUT2D eigenvalue weighted by Gasteiger charge is -2.35. The van der Waals surface area contributed by atoms with Crippen LogP contribution >= 0.6 is 0 Å². The van der Waals surface area contributed by atoms with Crippen molar-refractivity contribution in [2.45, 2.75) is 58.7 Å². The Morgan fingerprint density at radius 1 is 1.20 bits per heavy atom. The Labute approximate surface area is 121 Å². The van der Waals surface area contributed by atoms with Crippen molar-refractivity contribution in [2.24, 2.45) is 0 Å². The van der Waals surface area contributed by atoms with Gasteiger partial charge in [-0.3, -0.25) is 4.79 Å². The predicted octanol–water partition coefficient (Wildman–Crippen LogP) is 1.11. The molecule has 116 valence electrons. The van der Waals surface area contributed by atoms with Gasteiger partial charge in [0.05, 0.1) is 0 Å². The molecular formula is C14H27N3O3. The molecule has 0 spiro atoms. The molecule has 0 aromatic heterocycles. The molecule has 0 aromatic rings. The van der Waals surface area contributed by atoms with E-state index in [1.165, 1.54) is 0 Å². The summed E-state index contributed by atoms with van der Waals surface area (Å²) < 4.78 is 5.33. The van der Waals surface area contributed by atoms with Crippen molar-refractivity contribution in [2.75, 3.05) is 19.6 Å². The highest BCUT2D eigenvalue weighted by Crippen LogP contribution is 2.12. The zero-order valence-electron chi connectivity index (χ0n) is 13.4. The number of nitrogens with zero attached hydrogens (tertiary/aromatic N) is 1. The number of nitrogens with one attached hydrogen (secondary N) is 2. The number of amides is 2. The highest BCUT2D eigenvalue weighted by molar-refractivity contribution is 5.83. The molecule has 0 radical (unpaired) electrons. The molecule has 0 aromatic carbocycles. The van der Waals surface area contributed by atoms with Crippen LogP contribution in [0.15, 0.2) is 0 Å². The maximum atomic E-state index is 12.1. The number of piperazine rings is 1. The Kier molecular flexibility index (Phi) is 5.02. The molecule has 0 bridgehead atoms. The van der Waals surface area contributed by atoms with Crippen molar-refractivity contribution >= 4 is 12.0 Å². The third-order valence-corrected chi connectivity index (χ3v) is 2.64. The quantitative estimate of drug-likeness (QED) is 0.757. The molecule has 0 unspecified atom stereocenters. The lowest BCUT2D eigenvalue weighted by atomic mass is 10.1. The minimum atomic E-state index is -0.523. The van der Waals surface area contributed by atoms with Crippen LogP contribution in [0.3, 0.4) is 0 Å². The number of carbonyl (C=O) groups is 2. The standard InChI is InChI=1S/C14H27N3O3/c1-13(2,3)16-11(18)10-9-17(8-7-15-10)12(19)20-14(4,5)6/h10,15H,7-9H2,1-6H3,(H,16,18)/t10-/m1/s1. The first-order valence-electron chi connectivity index (χ1n) is 7.01. The van der Waals surface area contributed by atoms with E-state index in [2.05, 4.69) is 10.6 Å². The Bertz CT molecular complexity index is 335. The molecule has 6 heteroatoms. The van der Waals surface area contributed by atoms with Crippen molar-refractivity contribution in [1.29, 1.82) is 0 Å². The van der Waals surface area contributed by atoms with Gasteiger partial charge in [0, 0.05) is 25.2 Å².